The number of carboxylic acid groups (broad SMARTS) is 1. The van der Waals surface area contributed by atoms with Gasteiger partial charge in [-0.25, -0.2) is 13.6 Å². The van der Waals surface area contributed by atoms with Crippen LogP contribution in [-0.2, 0) is 28.2 Å². The van der Waals surface area contributed by atoms with Crippen LogP contribution in [0.2, 0.25) is 0 Å². The lowest BCUT2D eigenvalue weighted by Gasteiger charge is -2.44. The summed E-state index contributed by atoms with van der Waals surface area (Å²) in [5.74, 6) is -3.77. The average Bonchev–Trinajstić information content (AvgIpc) is 3.71. The Hall–Kier alpha value is -3.50. The number of para-hydroxylation sites is 1. The van der Waals surface area contributed by atoms with Gasteiger partial charge in [0, 0.05) is 63.0 Å². The summed E-state index contributed by atoms with van der Waals surface area (Å²) in [6.45, 7) is 1.38. The molecule has 0 unspecified atom stereocenters. The second kappa shape index (κ2) is 10.9. The molecule has 3 aromatic rings. The molecule has 5 rings (SSSR count). The van der Waals surface area contributed by atoms with Crippen LogP contribution in [0.25, 0.3) is 10.9 Å². The average molecular weight is 542 g/mol. The number of carbonyl (C=O) groups is 2. The molecule has 10 heteroatoms. The standard InChI is InChI=1S/C29H33F2N3O5/c1-39-14-4-12-32-16-19(22-5-2-3-6-26(22)32)17-34(21-8-9-21)27(35)23-18-33(28(36)37)13-11-29(23,38)20-7-10-24(30)25(31)15-20/h2-3,5-7,10,15-16,21,23,38H,4,8-9,11-14,17-18H2,1H3,(H,36,37)/t23-,29+/m1/s1. The Bertz CT molecular complexity index is 1370. The molecule has 0 bridgehead atoms. The van der Waals surface area contributed by atoms with Crippen LogP contribution < -0.4 is 0 Å². The van der Waals surface area contributed by atoms with E-state index < -0.39 is 35.2 Å². The van der Waals surface area contributed by atoms with Crippen molar-refractivity contribution in [2.75, 3.05) is 26.8 Å². The molecule has 1 aromatic heterocycles. The minimum atomic E-state index is -1.85. The van der Waals surface area contributed by atoms with Crippen LogP contribution in [0.5, 0.6) is 0 Å². The molecule has 2 aromatic carbocycles. The molecule has 39 heavy (non-hydrogen) atoms. The van der Waals surface area contributed by atoms with Gasteiger partial charge in [0.25, 0.3) is 0 Å². The van der Waals surface area contributed by atoms with Gasteiger partial charge in [0.1, 0.15) is 5.60 Å². The first-order chi connectivity index (χ1) is 18.7. The van der Waals surface area contributed by atoms with E-state index in [2.05, 4.69) is 4.57 Å². The summed E-state index contributed by atoms with van der Waals surface area (Å²) in [4.78, 5) is 28.9. The summed E-state index contributed by atoms with van der Waals surface area (Å²) >= 11 is 0. The Morgan fingerprint density at radius 3 is 2.62 bits per heavy atom. The topological polar surface area (TPSA) is 95.2 Å². The molecule has 2 atom stereocenters. The van der Waals surface area contributed by atoms with Gasteiger partial charge < -0.3 is 29.3 Å². The molecule has 2 heterocycles. The van der Waals surface area contributed by atoms with Gasteiger partial charge in [0.15, 0.2) is 11.6 Å². The number of aliphatic hydroxyl groups is 1. The van der Waals surface area contributed by atoms with E-state index in [0.717, 1.165) is 59.3 Å². The van der Waals surface area contributed by atoms with Crippen molar-refractivity contribution in [1.82, 2.24) is 14.4 Å². The highest BCUT2D eigenvalue weighted by Crippen LogP contribution is 2.41. The predicted molar refractivity (Wildman–Crippen MR) is 140 cm³/mol. The maximum absolute atomic E-state index is 14.2. The van der Waals surface area contributed by atoms with E-state index >= 15 is 0 Å². The molecular weight excluding hydrogens is 508 g/mol. The van der Waals surface area contributed by atoms with E-state index in [1.807, 2.05) is 30.5 Å². The van der Waals surface area contributed by atoms with Crippen molar-refractivity contribution in [3.8, 4) is 0 Å². The SMILES string of the molecule is COCCCn1cc(CN(C(=O)[C@H]2CN(C(=O)O)CC[C@]2(O)c2ccc(F)c(F)c2)C2CC2)c2ccccc21. The number of fused-ring (bicyclic) bond motifs is 1. The van der Waals surface area contributed by atoms with Gasteiger partial charge in [-0.15, -0.1) is 0 Å². The van der Waals surface area contributed by atoms with Crippen molar-refractivity contribution in [1.29, 1.82) is 0 Å². The third-order valence-electron chi connectivity index (χ3n) is 7.96. The number of aromatic nitrogens is 1. The van der Waals surface area contributed by atoms with E-state index in [1.54, 1.807) is 12.0 Å². The number of benzene rings is 2. The Morgan fingerprint density at radius 1 is 1.15 bits per heavy atom. The Kier molecular flexibility index (Phi) is 7.59. The van der Waals surface area contributed by atoms with Crippen LogP contribution in [0.15, 0.2) is 48.7 Å². The summed E-state index contributed by atoms with van der Waals surface area (Å²) in [5, 5.41) is 22.5. The molecule has 208 valence electrons. The maximum atomic E-state index is 14.2. The largest absolute Gasteiger partial charge is 0.465 e. The van der Waals surface area contributed by atoms with Crippen LogP contribution in [0.1, 0.15) is 36.8 Å². The number of nitrogens with zero attached hydrogens (tertiary/aromatic N) is 3. The van der Waals surface area contributed by atoms with Gasteiger partial charge in [0.2, 0.25) is 5.91 Å². The van der Waals surface area contributed by atoms with Gasteiger partial charge in [-0.05, 0) is 55.0 Å². The number of aryl methyl sites for hydroxylation is 1. The van der Waals surface area contributed by atoms with Crippen LogP contribution in [0, 0.1) is 17.6 Å². The van der Waals surface area contributed by atoms with Gasteiger partial charge >= 0.3 is 6.09 Å². The Balaban J connectivity index is 1.49. The summed E-state index contributed by atoms with van der Waals surface area (Å²) in [5.41, 5.74) is 0.208. The van der Waals surface area contributed by atoms with Gasteiger partial charge in [-0.1, -0.05) is 24.3 Å². The lowest BCUT2D eigenvalue weighted by Crippen LogP contribution is -2.57. The number of halogens is 2. The number of hydrogen-bond donors (Lipinski definition) is 2. The predicted octanol–water partition coefficient (Wildman–Crippen LogP) is 4.33. The highest BCUT2D eigenvalue weighted by atomic mass is 19.2. The van der Waals surface area contributed by atoms with E-state index in [4.69, 9.17) is 4.74 Å². The monoisotopic (exact) mass is 541 g/mol. The molecule has 0 radical (unpaired) electrons. The smallest absolute Gasteiger partial charge is 0.407 e. The van der Waals surface area contributed by atoms with Crippen molar-refractivity contribution < 1.29 is 33.3 Å². The number of ether oxygens (including phenoxy) is 1. The molecule has 2 aliphatic rings. The van der Waals surface area contributed by atoms with Crippen molar-refractivity contribution in [3.05, 3.63) is 71.4 Å². The van der Waals surface area contributed by atoms with E-state index in [9.17, 15) is 28.6 Å². The Morgan fingerprint density at radius 2 is 1.92 bits per heavy atom. The highest BCUT2D eigenvalue weighted by Gasteiger charge is 2.51. The Labute approximate surface area is 225 Å². The molecule has 2 amide bonds. The van der Waals surface area contributed by atoms with Gasteiger partial charge in [-0.3, -0.25) is 4.79 Å². The van der Waals surface area contributed by atoms with E-state index in [0.29, 0.717) is 13.2 Å². The normalized spacial score (nSPS) is 21.3. The number of carbonyl (C=O) groups excluding carboxylic acids is 1. The second-order valence-electron chi connectivity index (χ2n) is 10.5. The lowest BCUT2D eigenvalue weighted by atomic mass is 9.75. The summed E-state index contributed by atoms with van der Waals surface area (Å²) in [7, 11) is 1.66. The molecule has 1 saturated heterocycles. The van der Waals surface area contributed by atoms with Crippen molar-refractivity contribution in [2.45, 2.75) is 50.4 Å². The fourth-order valence-electron chi connectivity index (χ4n) is 5.68. The first kappa shape index (κ1) is 27.1. The fourth-order valence-corrected chi connectivity index (χ4v) is 5.68. The lowest BCUT2D eigenvalue weighted by molar-refractivity contribution is -0.154. The summed E-state index contributed by atoms with van der Waals surface area (Å²) in [6.07, 6.45) is 3.16. The zero-order chi connectivity index (χ0) is 27.7. The third kappa shape index (κ3) is 5.35. The van der Waals surface area contributed by atoms with Crippen molar-refractivity contribution in [2.24, 2.45) is 5.92 Å². The molecule has 2 N–H and O–H groups in total. The van der Waals surface area contributed by atoms with Crippen LogP contribution in [0.4, 0.5) is 13.6 Å². The first-order valence-corrected chi connectivity index (χ1v) is 13.2. The number of piperidine rings is 1. The third-order valence-corrected chi connectivity index (χ3v) is 7.96. The summed E-state index contributed by atoms with van der Waals surface area (Å²) < 4.78 is 35.2. The van der Waals surface area contributed by atoms with Crippen LogP contribution in [-0.4, -0.2) is 69.4 Å². The molecule has 1 saturated carbocycles. The zero-order valence-corrected chi connectivity index (χ0v) is 21.9. The fraction of sp³-hybridized carbons (Fsp3) is 0.448. The van der Waals surface area contributed by atoms with Crippen molar-refractivity contribution >= 4 is 22.9 Å². The van der Waals surface area contributed by atoms with Gasteiger partial charge in [0.05, 0.1) is 5.92 Å². The maximum Gasteiger partial charge on any atom is 0.407 e. The first-order valence-electron chi connectivity index (χ1n) is 13.2. The molecule has 2 fully saturated rings. The number of methoxy groups -OCH3 is 1. The van der Waals surface area contributed by atoms with Crippen molar-refractivity contribution in [3.63, 3.8) is 0 Å². The molecule has 0 spiro atoms. The number of likely N-dealkylation sites (tertiary alicyclic amines) is 1. The second-order valence-corrected chi connectivity index (χ2v) is 10.5. The molecule has 8 nitrogen and oxygen atoms in total. The molecular formula is C29H33F2N3O5. The molecule has 1 aliphatic carbocycles. The van der Waals surface area contributed by atoms with E-state index in [1.165, 1.54) is 6.07 Å². The minimum Gasteiger partial charge on any atom is -0.465 e. The number of amides is 2. The van der Waals surface area contributed by atoms with Crippen LogP contribution >= 0.6 is 0 Å². The minimum absolute atomic E-state index is 0.0347. The van der Waals surface area contributed by atoms with E-state index in [-0.39, 0.29) is 31.1 Å². The number of hydrogen-bond acceptors (Lipinski definition) is 4. The quantitative estimate of drug-likeness (QED) is 0.393. The highest BCUT2D eigenvalue weighted by molar-refractivity contribution is 5.86. The number of rotatable bonds is 9. The molecule has 1 aliphatic heterocycles. The summed E-state index contributed by atoms with van der Waals surface area (Å²) in [6, 6.07) is 11.0. The van der Waals surface area contributed by atoms with Crippen LogP contribution in [0.3, 0.4) is 0 Å². The zero-order valence-electron chi connectivity index (χ0n) is 21.9. The van der Waals surface area contributed by atoms with Gasteiger partial charge in [-0.2, -0.15) is 0 Å².